The predicted molar refractivity (Wildman–Crippen MR) is 121 cm³/mol. The van der Waals surface area contributed by atoms with Gasteiger partial charge in [-0.25, -0.2) is 0 Å². The molecule has 0 aromatic heterocycles. The van der Waals surface area contributed by atoms with Crippen LogP contribution in [-0.4, -0.2) is 77.3 Å². The molecular formula is C19H32IN5O2. The van der Waals surface area contributed by atoms with E-state index in [1.807, 2.05) is 23.1 Å². The van der Waals surface area contributed by atoms with Crippen LogP contribution >= 0.6 is 24.0 Å². The van der Waals surface area contributed by atoms with E-state index < -0.39 is 0 Å². The van der Waals surface area contributed by atoms with E-state index in [4.69, 9.17) is 4.74 Å². The number of nitrogens with zero attached hydrogens (tertiary/aromatic N) is 3. The van der Waals surface area contributed by atoms with Crippen molar-refractivity contribution in [1.29, 1.82) is 0 Å². The van der Waals surface area contributed by atoms with Crippen molar-refractivity contribution in [3.05, 3.63) is 29.8 Å². The smallest absolute Gasteiger partial charge is 0.246 e. The molecule has 0 bridgehead atoms. The van der Waals surface area contributed by atoms with Gasteiger partial charge in [0, 0.05) is 52.6 Å². The van der Waals surface area contributed by atoms with Gasteiger partial charge in [-0.15, -0.1) is 24.0 Å². The van der Waals surface area contributed by atoms with Gasteiger partial charge in [-0.2, -0.15) is 0 Å². The van der Waals surface area contributed by atoms with Crippen molar-refractivity contribution >= 4 is 41.5 Å². The zero-order valence-electron chi connectivity index (χ0n) is 16.5. The maximum absolute atomic E-state index is 12.5. The van der Waals surface area contributed by atoms with E-state index in [0.717, 1.165) is 51.3 Å². The highest BCUT2D eigenvalue weighted by Gasteiger charge is 2.23. The van der Waals surface area contributed by atoms with E-state index in [0.29, 0.717) is 5.96 Å². The monoisotopic (exact) mass is 489 g/mol. The largest absolute Gasteiger partial charge is 0.385 e. The molecule has 1 heterocycles. The fraction of sp³-hybridized carbons (Fsp3) is 0.579. The molecule has 0 atom stereocenters. The maximum Gasteiger partial charge on any atom is 0.246 e. The molecule has 0 unspecified atom stereocenters. The Balaban J connectivity index is 0.00000364. The Bertz CT molecular complexity index is 612. The lowest BCUT2D eigenvalue weighted by atomic mass is 10.2. The normalized spacial score (nSPS) is 13.3. The molecule has 1 aromatic rings. The number of carbonyl (C=O) groups excluding carboxylic acids is 1. The average Bonchev–Trinajstić information content (AvgIpc) is 3.08. The highest BCUT2D eigenvalue weighted by molar-refractivity contribution is 14.0. The molecule has 27 heavy (non-hydrogen) atoms. The van der Waals surface area contributed by atoms with Gasteiger partial charge in [-0.1, -0.05) is 18.2 Å². The summed E-state index contributed by atoms with van der Waals surface area (Å²) in [5, 5.41) is 6.36. The summed E-state index contributed by atoms with van der Waals surface area (Å²) in [4.78, 5) is 20.8. The topological polar surface area (TPSA) is 69.2 Å². The Morgan fingerprint density at radius 2 is 2.07 bits per heavy atom. The molecule has 2 N–H and O–H groups in total. The van der Waals surface area contributed by atoms with Gasteiger partial charge >= 0.3 is 0 Å². The molecule has 0 fully saturated rings. The lowest BCUT2D eigenvalue weighted by Gasteiger charge is -2.20. The number of carbonyl (C=O) groups is 1. The van der Waals surface area contributed by atoms with E-state index in [2.05, 4.69) is 33.6 Å². The van der Waals surface area contributed by atoms with Crippen LogP contribution in [0.25, 0.3) is 0 Å². The van der Waals surface area contributed by atoms with Crippen molar-refractivity contribution in [3.63, 3.8) is 0 Å². The van der Waals surface area contributed by atoms with Gasteiger partial charge in [0.25, 0.3) is 0 Å². The third-order valence-corrected chi connectivity index (χ3v) is 4.49. The minimum Gasteiger partial charge on any atom is -0.385 e. The molecule has 1 amide bonds. The molecule has 1 aliphatic heterocycles. The Morgan fingerprint density at radius 3 is 2.81 bits per heavy atom. The SMILES string of the molecule is CN=C(NCCN(C)CCCOC)NCC(=O)N1CCc2ccccc21.I. The zero-order valence-corrected chi connectivity index (χ0v) is 18.9. The Hall–Kier alpha value is -1.39. The van der Waals surface area contributed by atoms with Gasteiger partial charge in [-0.3, -0.25) is 9.79 Å². The number of amides is 1. The van der Waals surface area contributed by atoms with Gasteiger partial charge in [0.05, 0.1) is 6.54 Å². The number of fused-ring (bicyclic) bond motifs is 1. The van der Waals surface area contributed by atoms with Crippen LogP contribution in [0.15, 0.2) is 29.3 Å². The van der Waals surface area contributed by atoms with E-state index in [-0.39, 0.29) is 36.4 Å². The number of nitrogens with one attached hydrogen (secondary N) is 2. The van der Waals surface area contributed by atoms with Crippen molar-refractivity contribution in [1.82, 2.24) is 15.5 Å². The summed E-state index contributed by atoms with van der Waals surface area (Å²) in [7, 11) is 5.52. The second kappa shape index (κ2) is 12.9. The number of guanidine groups is 1. The lowest BCUT2D eigenvalue weighted by molar-refractivity contribution is -0.117. The molecule has 0 saturated heterocycles. The van der Waals surface area contributed by atoms with Crippen LogP contribution in [0.5, 0.6) is 0 Å². The number of aliphatic imine (C=N–C) groups is 1. The molecule has 0 spiro atoms. The second-order valence-electron chi connectivity index (χ2n) is 6.43. The number of rotatable bonds is 9. The summed E-state index contributed by atoms with van der Waals surface area (Å²) in [6, 6.07) is 8.08. The van der Waals surface area contributed by atoms with Crippen LogP contribution in [0.4, 0.5) is 5.69 Å². The van der Waals surface area contributed by atoms with Gasteiger partial charge in [-0.05, 0) is 31.5 Å². The fourth-order valence-corrected chi connectivity index (χ4v) is 3.03. The van der Waals surface area contributed by atoms with Crippen LogP contribution in [0.1, 0.15) is 12.0 Å². The first-order valence-corrected chi connectivity index (χ1v) is 9.16. The Labute approximate surface area is 179 Å². The summed E-state index contributed by atoms with van der Waals surface area (Å²) in [6.07, 6.45) is 1.94. The maximum atomic E-state index is 12.5. The number of hydrogen-bond acceptors (Lipinski definition) is 4. The Kier molecular flexibility index (Phi) is 11.3. The molecule has 1 aliphatic rings. The first-order valence-electron chi connectivity index (χ1n) is 9.16. The summed E-state index contributed by atoms with van der Waals surface area (Å²) >= 11 is 0. The molecule has 0 radical (unpaired) electrons. The van der Waals surface area contributed by atoms with Gasteiger partial charge < -0.3 is 25.2 Å². The van der Waals surface area contributed by atoms with E-state index in [1.165, 1.54) is 5.56 Å². The van der Waals surface area contributed by atoms with Crippen molar-refractivity contribution in [3.8, 4) is 0 Å². The summed E-state index contributed by atoms with van der Waals surface area (Å²) in [5.74, 6) is 0.714. The first-order chi connectivity index (χ1) is 12.7. The fourth-order valence-electron chi connectivity index (χ4n) is 3.03. The first kappa shape index (κ1) is 23.6. The average molecular weight is 489 g/mol. The molecule has 152 valence electrons. The highest BCUT2D eigenvalue weighted by atomic mass is 127. The number of likely N-dealkylation sites (N-methyl/N-ethyl adjacent to an activating group) is 1. The third kappa shape index (κ3) is 7.63. The van der Waals surface area contributed by atoms with Crippen LogP contribution in [0, 0.1) is 0 Å². The summed E-state index contributed by atoms with van der Waals surface area (Å²) in [5.41, 5.74) is 2.26. The van der Waals surface area contributed by atoms with Gasteiger partial charge in [0.2, 0.25) is 5.91 Å². The molecular weight excluding hydrogens is 457 g/mol. The number of halogens is 1. The quantitative estimate of drug-likeness (QED) is 0.237. The zero-order chi connectivity index (χ0) is 18.8. The number of anilines is 1. The molecule has 7 nitrogen and oxygen atoms in total. The molecule has 2 rings (SSSR count). The van der Waals surface area contributed by atoms with Crippen molar-refractivity contribution in [2.75, 3.05) is 65.4 Å². The molecule has 8 heteroatoms. The van der Waals surface area contributed by atoms with Crippen LogP contribution < -0.4 is 15.5 Å². The van der Waals surface area contributed by atoms with Crippen molar-refractivity contribution < 1.29 is 9.53 Å². The molecule has 1 aromatic carbocycles. The van der Waals surface area contributed by atoms with E-state index >= 15 is 0 Å². The number of benzene rings is 1. The number of hydrogen-bond donors (Lipinski definition) is 2. The lowest BCUT2D eigenvalue weighted by Crippen LogP contribution is -2.46. The standard InChI is InChI=1S/C19H31N5O2.HI/c1-20-19(21-10-13-23(2)11-6-14-26-3)22-15-18(25)24-12-9-16-7-4-5-8-17(16)24;/h4-5,7-8H,6,9-15H2,1-3H3,(H2,20,21,22);1H. The highest BCUT2D eigenvalue weighted by Crippen LogP contribution is 2.27. The van der Waals surface area contributed by atoms with Crippen LogP contribution in [0.3, 0.4) is 0 Å². The molecule has 0 aliphatic carbocycles. The second-order valence-corrected chi connectivity index (χ2v) is 6.43. The summed E-state index contributed by atoms with van der Waals surface area (Å²) in [6.45, 7) is 4.43. The van der Waals surface area contributed by atoms with Gasteiger partial charge in [0.15, 0.2) is 5.96 Å². The van der Waals surface area contributed by atoms with Crippen molar-refractivity contribution in [2.24, 2.45) is 4.99 Å². The van der Waals surface area contributed by atoms with Crippen molar-refractivity contribution in [2.45, 2.75) is 12.8 Å². The number of methoxy groups -OCH3 is 1. The van der Waals surface area contributed by atoms with Crippen LogP contribution in [-0.2, 0) is 16.0 Å². The third-order valence-electron chi connectivity index (χ3n) is 4.49. The van der Waals surface area contributed by atoms with Crippen LogP contribution in [0.2, 0.25) is 0 Å². The van der Waals surface area contributed by atoms with Gasteiger partial charge in [0.1, 0.15) is 0 Å². The summed E-state index contributed by atoms with van der Waals surface area (Å²) < 4.78 is 5.06. The Morgan fingerprint density at radius 1 is 1.30 bits per heavy atom. The number of para-hydroxylation sites is 1. The minimum atomic E-state index is 0. The predicted octanol–water partition coefficient (Wildman–Crippen LogP) is 1.33. The van der Waals surface area contributed by atoms with E-state index in [9.17, 15) is 4.79 Å². The van der Waals surface area contributed by atoms with E-state index in [1.54, 1.807) is 14.2 Å². The molecule has 0 saturated carbocycles. The minimum absolute atomic E-state index is 0. The number of ether oxygens (including phenoxy) is 1.